The van der Waals surface area contributed by atoms with E-state index in [1.165, 1.54) is 5.56 Å². The number of fused-ring (bicyclic) bond motifs is 1. The fourth-order valence-corrected chi connectivity index (χ4v) is 2.72. The predicted octanol–water partition coefficient (Wildman–Crippen LogP) is 1.47. The van der Waals surface area contributed by atoms with E-state index in [-0.39, 0.29) is 0 Å². The van der Waals surface area contributed by atoms with Gasteiger partial charge in [-0.2, -0.15) is 0 Å². The quantitative estimate of drug-likeness (QED) is 0.898. The second kappa shape index (κ2) is 6.07. The van der Waals surface area contributed by atoms with Crippen molar-refractivity contribution in [1.29, 1.82) is 0 Å². The first kappa shape index (κ1) is 13.8. The van der Waals surface area contributed by atoms with Crippen molar-refractivity contribution in [2.75, 3.05) is 23.3 Å². The third-order valence-corrected chi connectivity index (χ3v) is 3.71. The molecule has 3 heterocycles. The summed E-state index contributed by atoms with van der Waals surface area (Å²) in [6, 6.07) is 0. The summed E-state index contributed by atoms with van der Waals surface area (Å²) in [6.45, 7) is 7.69. The fourth-order valence-electron chi connectivity index (χ4n) is 2.72. The van der Waals surface area contributed by atoms with Crippen LogP contribution < -0.4 is 10.2 Å². The summed E-state index contributed by atoms with van der Waals surface area (Å²) in [5, 5.41) is 11.5. The summed E-state index contributed by atoms with van der Waals surface area (Å²) in [5.74, 6) is 2.97. The van der Waals surface area contributed by atoms with Gasteiger partial charge in [0.25, 0.3) is 0 Å². The molecule has 0 aliphatic carbocycles. The lowest BCUT2D eigenvalue weighted by Gasteiger charge is -2.30. The van der Waals surface area contributed by atoms with E-state index in [2.05, 4.69) is 48.8 Å². The molecule has 0 unspecified atom stereocenters. The molecule has 0 atom stereocenters. The zero-order chi connectivity index (χ0) is 14.7. The van der Waals surface area contributed by atoms with Crippen molar-refractivity contribution in [3.63, 3.8) is 0 Å². The van der Waals surface area contributed by atoms with Gasteiger partial charge >= 0.3 is 0 Å². The average molecular weight is 287 g/mol. The van der Waals surface area contributed by atoms with E-state index < -0.39 is 0 Å². The topological polar surface area (TPSA) is 71.8 Å². The molecule has 2 aromatic rings. The van der Waals surface area contributed by atoms with Crippen molar-refractivity contribution < 1.29 is 0 Å². The number of hydrogen-bond donors (Lipinski definition) is 1. The highest BCUT2D eigenvalue weighted by molar-refractivity contribution is 5.59. The number of nitrogens with one attached hydrogen (secondary N) is 1. The lowest BCUT2D eigenvalue weighted by Crippen LogP contribution is -2.35. The maximum Gasteiger partial charge on any atom is 0.152 e. The summed E-state index contributed by atoms with van der Waals surface area (Å²) in [7, 11) is 0. The molecular formula is C14H21N7. The molecule has 0 fully saturated rings. The molecule has 1 aliphatic rings. The number of anilines is 2. The number of rotatable bonds is 5. The molecule has 112 valence electrons. The van der Waals surface area contributed by atoms with Gasteiger partial charge in [-0.3, -0.25) is 0 Å². The Morgan fingerprint density at radius 2 is 2.14 bits per heavy atom. The highest BCUT2D eigenvalue weighted by Crippen LogP contribution is 2.27. The predicted molar refractivity (Wildman–Crippen MR) is 81.3 cm³/mol. The Labute approximate surface area is 124 Å². The lowest BCUT2D eigenvalue weighted by molar-refractivity contribution is 0.554. The molecule has 1 aliphatic heterocycles. The number of nitrogens with zero attached hydrogens (tertiary/aromatic N) is 6. The standard InChI is InChI=1S/C14H21N7/c1-3-5-11-13(15-4-2)16-9-17-14(11)20-6-7-21-10-18-19-12(21)8-20/h9-10H,3-8H2,1-2H3,(H,15,16,17). The SMILES string of the molecule is CCCc1c(NCC)ncnc1N1CCn2cnnc2C1. The summed E-state index contributed by atoms with van der Waals surface area (Å²) in [6.07, 6.45) is 5.49. The Morgan fingerprint density at radius 1 is 1.24 bits per heavy atom. The minimum absolute atomic E-state index is 0.749. The van der Waals surface area contributed by atoms with Gasteiger partial charge in [0.15, 0.2) is 5.82 Å². The van der Waals surface area contributed by atoms with Crippen LogP contribution in [0.1, 0.15) is 31.7 Å². The Morgan fingerprint density at radius 3 is 2.95 bits per heavy atom. The first-order valence-electron chi connectivity index (χ1n) is 7.52. The highest BCUT2D eigenvalue weighted by atomic mass is 15.3. The Hall–Kier alpha value is -2.18. The van der Waals surface area contributed by atoms with E-state index in [1.807, 2.05) is 0 Å². The molecule has 3 rings (SSSR count). The van der Waals surface area contributed by atoms with E-state index in [0.29, 0.717) is 0 Å². The third kappa shape index (κ3) is 2.68. The third-order valence-electron chi connectivity index (χ3n) is 3.71. The number of hydrogen-bond acceptors (Lipinski definition) is 6. The summed E-state index contributed by atoms with van der Waals surface area (Å²) < 4.78 is 2.10. The van der Waals surface area contributed by atoms with Crippen LogP contribution in [-0.2, 0) is 19.5 Å². The normalized spacial score (nSPS) is 14.1. The van der Waals surface area contributed by atoms with E-state index in [4.69, 9.17) is 0 Å². The summed E-state index contributed by atoms with van der Waals surface area (Å²) >= 11 is 0. The van der Waals surface area contributed by atoms with Gasteiger partial charge in [0.1, 0.15) is 24.3 Å². The van der Waals surface area contributed by atoms with Gasteiger partial charge in [0, 0.05) is 25.2 Å². The van der Waals surface area contributed by atoms with Crippen molar-refractivity contribution in [3.05, 3.63) is 24.0 Å². The van der Waals surface area contributed by atoms with Crippen molar-refractivity contribution in [2.45, 2.75) is 39.8 Å². The van der Waals surface area contributed by atoms with Crippen LogP contribution >= 0.6 is 0 Å². The van der Waals surface area contributed by atoms with Crippen LogP contribution in [0.3, 0.4) is 0 Å². The van der Waals surface area contributed by atoms with E-state index in [1.54, 1.807) is 12.7 Å². The zero-order valence-electron chi connectivity index (χ0n) is 12.6. The fraction of sp³-hybridized carbons (Fsp3) is 0.571. The van der Waals surface area contributed by atoms with Gasteiger partial charge in [0.05, 0.1) is 6.54 Å². The molecular weight excluding hydrogens is 266 g/mol. The number of aromatic nitrogens is 5. The van der Waals surface area contributed by atoms with Crippen LogP contribution in [0, 0.1) is 0 Å². The molecule has 2 aromatic heterocycles. The second-order valence-electron chi connectivity index (χ2n) is 5.17. The van der Waals surface area contributed by atoms with Crippen molar-refractivity contribution >= 4 is 11.6 Å². The molecule has 0 aromatic carbocycles. The van der Waals surface area contributed by atoms with E-state index in [0.717, 1.165) is 56.5 Å². The van der Waals surface area contributed by atoms with Crippen molar-refractivity contribution in [3.8, 4) is 0 Å². The largest absolute Gasteiger partial charge is 0.370 e. The van der Waals surface area contributed by atoms with E-state index >= 15 is 0 Å². The van der Waals surface area contributed by atoms with Gasteiger partial charge in [0.2, 0.25) is 0 Å². The monoisotopic (exact) mass is 287 g/mol. The molecule has 7 heteroatoms. The van der Waals surface area contributed by atoms with Crippen LogP contribution in [-0.4, -0.2) is 37.8 Å². The van der Waals surface area contributed by atoms with Crippen LogP contribution in [0.2, 0.25) is 0 Å². The Kier molecular flexibility index (Phi) is 3.98. The Balaban J connectivity index is 1.93. The van der Waals surface area contributed by atoms with Crippen molar-refractivity contribution in [1.82, 2.24) is 24.7 Å². The molecule has 1 N–H and O–H groups in total. The highest BCUT2D eigenvalue weighted by Gasteiger charge is 2.22. The first-order chi connectivity index (χ1) is 10.3. The molecule has 0 saturated heterocycles. The lowest BCUT2D eigenvalue weighted by atomic mass is 10.1. The van der Waals surface area contributed by atoms with Gasteiger partial charge in [-0.05, 0) is 13.3 Å². The molecule has 0 radical (unpaired) electrons. The first-order valence-corrected chi connectivity index (χ1v) is 7.52. The molecule has 0 saturated carbocycles. The minimum Gasteiger partial charge on any atom is -0.370 e. The van der Waals surface area contributed by atoms with E-state index in [9.17, 15) is 0 Å². The molecule has 0 amide bonds. The minimum atomic E-state index is 0.749. The zero-order valence-corrected chi connectivity index (χ0v) is 12.6. The van der Waals surface area contributed by atoms with Crippen LogP contribution in [0.25, 0.3) is 0 Å². The summed E-state index contributed by atoms with van der Waals surface area (Å²) in [4.78, 5) is 11.2. The van der Waals surface area contributed by atoms with Gasteiger partial charge < -0.3 is 14.8 Å². The second-order valence-corrected chi connectivity index (χ2v) is 5.17. The molecule has 21 heavy (non-hydrogen) atoms. The Bertz CT molecular complexity index is 607. The smallest absolute Gasteiger partial charge is 0.152 e. The van der Waals surface area contributed by atoms with Crippen LogP contribution in [0.4, 0.5) is 11.6 Å². The maximum atomic E-state index is 4.54. The van der Waals surface area contributed by atoms with Gasteiger partial charge in [-0.15, -0.1) is 10.2 Å². The van der Waals surface area contributed by atoms with Crippen LogP contribution in [0.5, 0.6) is 0 Å². The molecule has 0 spiro atoms. The molecule has 7 nitrogen and oxygen atoms in total. The van der Waals surface area contributed by atoms with Gasteiger partial charge in [-0.1, -0.05) is 13.3 Å². The summed E-state index contributed by atoms with van der Waals surface area (Å²) in [5.41, 5.74) is 1.20. The molecule has 0 bridgehead atoms. The van der Waals surface area contributed by atoms with Crippen molar-refractivity contribution in [2.24, 2.45) is 0 Å². The van der Waals surface area contributed by atoms with Crippen LogP contribution in [0.15, 0.2) is 12.7 Å². The maximum absolute atomic E-state index is 4.54. The average Bonchev–Trinajstić information content (AvgIpc) is 2.97. The van der Waals surface area contributed by atoms with Gasteiger partial charge in [-0.25, -0.2) is 9.97 Å².